The number of likely N-dealkylation sites (N-methyl/N-ethyl adjacent to an activating group) is 1. The first-order chi connectivity index (χ1) is 7.61. The van der Waals surface area contributed by atoms with E-state index in [1.54, 1.807) is 0 Å². The summed E-state index contributed by atoms with van der Waals surface area (Å²) in [5.41, 5.74) is 1.86. The lowest BCUT2D eigenvalue weighted by atomic mass is 10.1. The summed E-state index contributed by atoms with van der Waals surface area (Å²) in [7, 11) is 3.71. The third-order valence-corrected chi connectivity index (χ3v) is 2.12. The largest absolute Gasteiger partial charge is 0.392 e. The first-order valence-corrected chi connectivity index (χ1v) is 5.22. The van der Waals surface area contributed by atoms with Crippen LogP contribution in [-0.2, 0) is 17.9 Å². The highest BCUT2D eigenvalue weighted by Crippen LogP contribution is 2.04. The molecule has 4 heteroatoms. The van der Waals surface area contributed by atoms with E-state index < -0.39 is 0 Å². The molecule has 1 aromatic rings. The predicted octanol–water partition coefficient (Wildman–Crippen LogP) is 0.357. The molecule has 2 N–H and O–H groups in total. The van der Waals surface area contributed by atoms with Gasteiger partial charge in [-0.15, -0.1) is 0 Å². The molecule has 0 bridgehead atoms. The Morgan fingerprint density at radius 3 is 2.69 bits per heavy atom. The van der Waals surface area contributed by atoms with Crippen LogP contribution in [0.5, 0.6) is 0 Å². The molecule has 0 atom stereocenters. The minimum Gasteiger partial charge on any atom is -0.392 e. The van der Waals surface area contributed by atoms with Gasteiger partial charge in [0.05, 0.1) is 13.2 Å². The van der Waals surface area contributed by atoms with Crippen molar-refractivity contribution < 1.29 is 9.90 Å². The second kappa shape index (κ2) is 6.25. The van der Waals surface area contributed by atoms with Crippen molar-refractivity contribution in [3.63, 3.8) is 0 Å². The lowest BCUT2D eigenvalue weighted by Crippen LogP contribution is -2.32. The van der Waals surface area contributed by atoms with Crippen LogP contribution >= 0.6 is 0 Å². The van der Waals surface area contributed by atoms with Crippen LogP contribution in [0.1, 0.15) is 11.1 Å². The second-order valence-electron chi connectivity index (χ2n) is 3.99. The lowest BCUT2D eigenvalue weighted by molar-refractivity contribution is -0.121. The van der Waals surface area contributed by atoms with Gasteiger partial charge in [0.2, 0.25) is 5.91 Å². The number of rotatable bonds is 5. The zero-order valence-corrected chi connectivity index (χ0v) is 9.73. The Labute approximate surface area is 95.9 Å². The number of aliphatic hydroxyl groups is 1. The maximum Gasteiger partial charge on any atom is 0.234 e. The molecule has 0 aliphatic rings. The Morgan fingerprint density at radius 2 is 2.06 bits per heavy atom. The molecular formula is C12H18N2O2. The first-order valence-electron chi connectivity index (χ1n) is 5.22. The van der Waals surface area contributed by atoms with E-state index in [9.17, 15) is 4.79 Å². The monoisotopic (exact) mass is 222 g/mol. The summed E-state index contributed by atoms with van der Waals surface area (Å²) in [5.74, 6) is -0.000554. The SMILES string of the molecule is CN(C)CC(=O)NCc1cccc(CO)c1. The van der Waals surface area contributed by atoms with Gasteiger partial charge in [0.1, 0.15) is 0 Å². The second-order valence-corrected chi connectivity index (χ2v) is 3.99. The minimum atomic E-state index is -0.000554. The molecule has 88 valence electrons. The number of nitrogens with one attached hydrogen (secondary N) is 1. The number of hydrogen-bond donors (Lipinski definition) is 2. The summed E-state index contributed by atoms with van der Waals surface area (Å²) in [6.45, 7) is 0.916. The fraction of sp³-hybridized carbons (Fsp3) is 0.417. The van der Waals surface area contributed by atoms with E-state index in [4.69, 9.17) is 5.11 Å². The molecule has 0 aliphatic carbocycles. The Balaban J connectivity index is 2.45. The number of carbonyl (C=O) groups excluding carboxylic acids is 1. The Bertz CT molecular complexity index is 351. The highest BCUT2D eigenvalue weighted by atomic mass is 16.3. The van der Waals surface area contributed by atoms with Crippen molar-refractivity contribution >= 4 is 5.91 Å². The molecule has 0 fully saturated rings. The van der Waals surface area contributed by atoms with Crippen LogP contribution in [0.15, 0.2) is 24.3 Å². The number of aliphatic hydroxyl groups excluding tert-OH is 1. The number of nitrogens with zero attached hydrogens (tertiary/aromatic N) is 1. The van der Waals surface area contributed by atoms with Gasteiger partial charge in [0.15, 0.2) is 0 Å². The Kier molecular flexibility index (Phi) is 4.95. The highest BCUT2D eigenvalue weighted by Gasteiger charge is 2.02. The summed E-state index contributed by atoms with van der Waals surface area (Å²) in [5, 5.41) is 11.8. The molecule has 0 aromatic heterocycles. The van der Waals surface area contributed by atoms with Crippen LogP contribution in [-0.4, -0.2) is 36.6 Å². The molecule has 1 aromatic carbocycles. The van der Waals surface area contributed by atoms with Crippen LogP contribution in [0, 0.1) is 0 Å². The van der Waals surface area contributed by atoms with Crippen LogP contribution in [0.2, 0.25) is 0 Å². The third kappa shape index (κ3) is 4.42. The van der Waals surface area contributed by atoms with Crippen molar-refractivity contribution in [1.29, 1.82) is 0 Å². The Hall–Kier alpha value is -1.39. The average molecular weight is 222 g/mol. The molecule has 0 saturated heterocycles. The van der Waals surface area contributed by atoms with Gasteiger partial charge in [-0.1, -0.05) is 24.3 Å². The molecule has 1 rings (SSSR count). The smallest absolute Gasteiger partial charge is 0.234 e. The van der Waals surface area contributed by atoms with E-state index in [1.807, 2.05) is 43.3 Å². The van der Waals surface area contributed by atoms with Gasteiger partial charge in [0.25, 0.3) is 0 Å². The fourth-order valence-electron chi connectivity index (χ4n) is 1.38. The highest BCUT2D eigenvalue weighted by molar-refractivity contribution is 5.77. The maximum atomic E-state index is 11.4. The molecule has 4 nitrogen and oxygen atoms in total. The van der Waals surface area contributed by atoms with E-state index in [0.717, 1.165) is 11.1 Å². The number of benzene rings is 1. The van der Waals surface area contributed by atoms with Gasteiger partial charge >= 0.3 is 0 Å². The topological polar surface area (TPSA) is 52.6 Å². The normalized spacial score (nSPS) is 10.5. The summed E-state index contributed by atoms with van der Waals surface area (Å²) >= 11 is 0. The first kappa shape index (κ1) is 12.7. The van der Waals surface area contributed by atoms with Crippen LogP contribution < -0.4 is 5.32 Å². The number of hydrogen-bond acceptors (Lipinski definition) is 3. The lowest BCUT2D eigenvalue weighted by Gasteiger charge is -2.10. The van der Waals surface area contributed by atoms with E-state index in [0.29, 0.717) is 13.1 Å². The molecule has 0 saturated carbocycles. The summed E-state index contributed by atoms with van der Waals surface area (Å²) in [4.78, 5) is 13.2. The molecular weight excluding hydrogens is 204 g/mol. The molecule has 0 spiro atoms. The predicted molar refractivity (Wildman–Crippen MR) is 62.8 cm³/mol. The van der Waals surface area contributed by atoms with E-state index in [-0.39, 0.29) is 12.5 Å². The number of amides is 1. The number of carbonyl (C=O) groups is 1. The van der Waals surface area contributed by atoms with Gasteiger partial charge in [-0.05, 0) is 25.2 Å². The average Bonchev–Trinajstić information content (AvgIpc) is 2.26. The van der Waals surface area contributed by atoms with Crippen molar-refractivity contribution in [1.82, 2.24) is 10.2 Å². The molecule has 0 heterocycles. The summed E-state index contributed by atoms with van der Waals surface area (Å²) in [6.07, 6.45) is 0. The van der Waals surface area contributed by atoms with Gasteiger partial charge in [-0.2, -0.15) is 0 Å². The van der Waals surface area contributed by atoms with Crippen molar-refractivity contribution in [2.24, 2.45) is 0 Å². The van der Waals surface area contributed by atoms with Gasteiger partial charge in [0, 0.05) is 6.54 Å². The zero-order chi connectivity index (χ0) is 12.0. The van der Waals surface area contributed by atoms with Crippen LogP contribution in [0.25, 0.3) is 0 Å². The fourth-order valence-corrected chi connectivity index (χ4v) is 1.38. The van der Waals surface area contributed by atoms with Crippen molar-refractivity contribution in [3.05, 3.63) is 35.4 Å². The molecule has 16 heavy (non-hydrogen) atoms. The molecule has 0 radical (unpaired) electrons. The summed E-state index contributed by atoms with van der Waals surface area (Å²) in [6, 6.07) is 7.54. The van der Waals surface area contributed by atoms with Gasteiger partial charge in [-0.3, -0.25) is 4.79 Å². The molecule has 1 amide bonds. The minimum absolute atomic E-state index is 0.000554. The van der Waals surface area contributed by atoms with Crippen molar-refractivity contribution in [3.8, 4) is 0 Å². The van der Waals surface area contributed by atoms with Gasteiger partial charge in [-0.25, -0.2) is 0 Å². The van der Waals surface area contributed by atoms with Gasteiger partial charge < -0.3 is 15.3 Å². The van der Waals surface area contributed by atoms with E-state index in [1.165, 1.54) is 0 Å². The Morgan fingerprint density at radius 1 is 1.38 bits per heavy atom. The molecule has 0 aliphatic heterocycles. The van der Waals surface area contributed by atoms with E-state index >= 15 is 0 Å². The van der Waals surface area contributed by atoms with Crippen LogP contribution in [0.4, 0.5) is 0 Å². The standard InChI is InChI=1S/C12H18N2O2/c1-14(2)8-12(16)13-7-10-4-3-5-11(6-10)9-15/h3-6,15H,7-9H2,1-2H3,(H,13,16). The van der Waals surface area contributed by atoms with E-state index in [2.05, 4.69) is 5.32 Å². The van der Waals surface area contributed by atoms with Crippen molar-refractivity contribution in [2.45, 2.75) is 13.2 Å². The third-order valence-electron chi connectivity index (χ3n) is 2.12. The quantitative estimate of drug-likeness (QED) is 0.756. The summed E-state index contributed by atoms with van der Waals surface area (Å²) < 4.78 is 0. The van der Waals surface area contributed by atoms with Crippen molar-refractivity contribution in [2.75, 3.05) is 20.6 Å². The van der Waals surface area contributed by atoms with Crippen LogP contribution in [0.3, 0.4) is 0 Å². The maximum absolute atomic E-state index is 11.4. The molecule has 0 unspecified atom stereocenters. The zero-order valence-electron chi connectivity index (χ0n) is 9.73.